The van der Waals surface area contributed by atoms with Crippen molar-refractivity contribution in [3.63, 3.8) is 0 Å². The Balaban J connectivity index is 2.24. The van der Waals surface area contributed by atoms with Gasteiger partial charge in [-0.15, -0.1) is 0 Å². The van der Waals surface area contributed by atoms with Gasteiger partial charge in [0.1, 0.15) is 0 Å². The van der Waals surface area contributed by atoms with Gasteiger partial charge in [0, 0.05) is 26.2 Å². The van der Waals surface area contributed by atoms with Crippen molar-refractivity contribution < 1.29 is 0 Å². The lowest BCUT2D eigenvalue weighted by atomic mass is 10.4. The second kappa shape index (κ2) is 5.92. The molecule has 0 aromatic carbocycles. The molecular weight excluding hydrogens is 190 g/mol. The number of rotatable bonds is 6. The molecule has 0 aliphatic carbocycles. The number of nitrogens with two attached hydrogens (primary N) is 1. The Bertz CT molecular complexity index is 210. The van der Waals surface area contributed by atoms with Gasteiger partial charge in [0.05, 0.1) is 0 Å². The molecule has 1 fully saturated rings. The molecule has 0 spiro atoms. The molecule has 0 aromatic rings. The lowest BCUT2D eigenvalue weighted by Gasteiger charge is -2.22. The predicted octanol–water partition coefficient (Wildman–Crippen LogP) is -0.195. The predicted molar refractivity (Wildman–Crippen MR) is 63.6 cm³/mol. The molecule has 0 bridgehead atoms. The SMILES string of the molecule is CCN(C(N)=NCCCN(C)C)N1CC1. The van der Waals surface area contributed by atoms with E-state index in [0.29, 0.717) is 5.96 Å². The third-order valence-electron chi connectivity index (χ3n) is 2.37. The molecule has 5 nitrogen and oxygen atoms in total. The highest BCUT2D eigenvalue weighted by Crippen LogP contribution is 2.08. The fourth-order valence-corrected chi connectivity index (χ4v) is 1.46. The Morgan fingerprint density at radius 2 is 2.07 bits per heavy atom. The molecule has 5 heteroatoms. The minimum atomic E-state index is 0.661. The molecule has 2 N–H and O–H groups in total. The van der Waals surface area contributed by atoms with Crippen LogP contribution in [-0.2, 0) is 0 Å². The van der Waals surface area contributed by atoms with Gasteiger partial charge in [0.15, 0.2) is 0 Å². The van der Waals surface area contributed by atoms with Crippen molar-refractivity contribution in [2.24, 2.45) is 10.7 Å². The van der Waals surface area contributed by atoms with Crippen LogP contribution in [0.1, 0.15) is 13.3 Å². The van der Waals surface area contributed by atoms with E-state index in [1.165, 1.54) is 0 Å². The Morgan fingerprint density at radius 3 is 2.53 bits per heavy atom. The van der Waals surface area contributed by atoms with E-state index in [1.54, 1.807) is 0 Å². The third kappa shape index (κ3) is 4.48. The molecule has 1 aliphatic heterocycles. The number of nitrogens with zero attached hydrogens (tertiary/aromatic N) is 4. The maximum atomic E-state index is 5.91. The van der Waals surface area contributed by atoms with Gasteiger partial charge in [-0.25, -0.2) is 5.01 Å². The van der Waals surface area contributed by atoms with Crippen LogP contribution in [0.15, 0.2) is 4.99 Å². The molecule has 0 aromatic heterocycles. The quantitative estimate of drug-likeness (QED) is 0.287. The van der Waals surface area contributed by atoms with Crippen LogP contribution in [-0.4, -0.2) is 67.7 Å². The van der Waals surface area contributed by atoms with E-state index < -0.39 is 0 Å². The molecule has 0 saturated carbocycles. The number of guanidine groups is 1. The van der Waals surface area contributed by atoms with Crippen LogP contribution in [0.2, 0.25) is 0 Å². The average Bonchev–Trinajstić information content (AvgIpc) is 2.97. The maximum Gasteiger partial charge on any atom is 0.206 e. The summed E-state index contributed by atoms with van der Waals surface area (Å²) in [6, 6.07) is 0. The highest BCUT2D eigenvalue weighted by atomic mass is 15.7. The molecule has 0 amide bonds. The lowest BCUT2D eigenvalue weighted by Crippen LogP contribution is -2.41. The minimum Gasteiger partial charge on any atom is -0.369 e. The van der Waals surface area contributed by atoms with E-state index in [1.807, 2.05) is 0 Å². The van der Waals surface area contributed by atoms with Crippen LogP contribution >= 0.6 is 0 Å². The monoisotopic (exact) mass is 213 g/mol. The van der Waals surface area contributed by atoms with Crippen molar-refractivity contribution in [2.75, 3.05) is 46.8 Å². The second-order valence-corrected chi connectivity index (χ2v) is 4.07. The van der Waals surface area contributed by atoms with Gasteiger partial charge in [0.25, 0.3) is 0 Å². The number of hydrogen-bond acceptors (Lipinski definition) is 3. The summed E-state index contributed by atoms with van der Waals surface area (Å²) in [5, 5.41) is 4.25. The van der Waals surface area contributed by atoms with E-state index >= 15 is 0 Å². The zero-order valence-corrected chi connectivity index (χ0v) is 10.1. The molecular formula is C10H23N5. The van der Waals surface area contributed by atoms with Crippen molar-refractivity contribution in [3.8, 4) is 0 Å². The number of aliphatic imine (C=N–C) groups is 1. The second-order valence-electron chi connectivity index (χ2n) is 4.07. The summed E-state index contributed by atoms with van der Waals surface area (Å²) < 4.78 is 0. The summed E-state index contributed by atoms with van der Waals surface area (Å²) in [5.41, 5.74) is 5.91. The van der Waals surface area contributed by atoms with Gasteiger partial charge in [-0.05, 0) is 34.0 Å². The van der Waals surface area contributed by atoms with E-state index in [2.05, 4.69) is 40.9 Å². The van der Waals surface area contributed by atoms with E-state index in [-0.39, 0.29) is 0 Å². The van der Waals surface area contributed by atoms with Crippen molar-refractivity contribution in [3.05, 3.63) is 0 Å². The summed E-state index contributed by atoms with van der Waals surface area (Å²) >= 11 is 0. The first-order valence-corrected chi connectivity index (χ1v) is 5.62. The summed E-state index contributed by atoms with van der Waals surface area (Å²) in [4.78, 5) is 6.54. The van der Waals surface area contributed by atoms with Crippen LogP contribution in [0.5, 0.6) is 0 Å². The average molecular weight is 213 g/mol. The maximum absolute atomic E-state index is 5.91. The Kier molecular flexibility index (Phi) is 4.84. The van der Waals surface area contributed by atoms with E-state index in [9.17, 15) is 0 Å². The summed E-state index contributed by atoms with van der Waals surface area (Å²) in [5.74, 6) is 0.661. The zero-order valence-electron chi connectivity index (χ0n) is 10.1. The molecule has 1 rings (SSSR count). The topological polar surface area (TPSA) is 47.9 Å². The van der Waals surface area contributed by atoms with Crippen molar-refractivity contribution in [2.45, 2.75) is 13.3 Å². The van der Waals surface area contributed by atoms with Crippen LogP contribution < -0.4 is 5.73 Å². The van der Waals surface area contributed by atoms with Crippen molar-refractivity contribution in [1.29, 1.82) is 0 Å². The van der Waals surface area contributed by atoms with Gasteiger partial charge in [-0.2, -0.15) is 0 Å². The zero-order chi connectivity index (χ0) is 11.3. The first kappa shape index (κ1) is 12.3. The van der Waals surface area contributed by atoms with Crippen molar-refractivity contribution >= 4 is 5.96 Å². The van der Waals surface area contributed by atoms with Crippen LogP contribution in [0.4, 0.5) is 0 Å². The molecule has 1 saturated heterocycles. The van der Waals surface area contributed by atoms with Gasteiger partial charge >= 0.3 is 0 Å². The molecule has 0 atom stereocenters. The van der Waals surface area contributed by atoms with Crippen LogP contribution in [0, 0.1) is 0 Å². The van der Waals surface area contributed by atoms with Gasteiger partial charge in [-0.3, -0.25) is 10.0 Å². The van der Waals surface area contributed by atoms with Gasteiger partial charge < -0.3 is 10.6 Å². The van der Waals surface area contributed by atoms with Gasteiger partial charge in [-0.1, -0.05) is 0 Å². The number of hydrazine groups is 1. The standard InChI is InChI=1S/C10H23N5/c1-4-15(14-8-9-14)10(11)12-6-5-7-13(2)3/h4-9H2,1-3H3,(H2,11,12). The molecule has 15 heavy (non-hydrogen) atoms. The summed E-state index contributed by atoms with van der Waals surface area (Å²) in [6.07, 6.45) is 1.06. The van der Waals surface area contributed by atoms with E-state index in [4.69, 9.17) is 5.73 Å². The fraction of sp³-hybridized carbons (Fsp3) is 0.900. The van der Waals surface area contributed by atoms with Crippen LogP contribution in [0.25, 0.3) is 0 Å². The smallest absolute Gasteiger partial charge is 0.206 e. The summed E-state index contributed by atoms with van der Waals surface area (Å²) in [7, 11) is 4.14. The third-order valence-corrected chi connectivity index (χ3v) is 2.37. The first-order chi connectivity index (χ1) is 7.15. The first-order valence-electron chi connectivity index (χ1n) is 5.62. The van der Waals surface area contributed by atoms with Crippen molar-refractivity contribution in [1.82, 2.24) is 14.9 Å². The Morgan fingerprint density at radius 1 is 1.40 bits per heavy atom. The van der Waals surface area contributed by atoms with Gasteiger partial charge in [0.2, 0.25) is 5.96 Å². The molecule has 88 valence electrons. The molecule has 1 aliphatic rings. The highest BCUT2D eigenvalue weighted by Gasteiger charge is 2.25. The fourth-order valence-electron chi connectivity index (χ4n) is 1.46. The van der Waals surface area contributed by atoms with E-state index in [0.717, 1.165) is 39.1 Å². The molecule has 0 radical (unpaired) electrons. The lowest BCUT2D eigenvalue weighted by molar-refractivity contribution is 0.196. The summed E-state index contributed by atoms with van der Waals surface area (Å²) in [6.45, 7) is 7.11. The molecule has 0 unspecified atom stereocenters. The Labute approximate surface area is 92.5 Å². The number of hydrogen-bond donors (Lipinski definition) is 1. The van der Waals surface area contributed by atoms with Crippen LogP contribution in [0.3, 0.4) is 0 Å². The highest BCUT2D eigenvalue weighted by molar-refractivity contribution is 5.77. The molecule has 1 heterocycles. The minimum absolute atomic E-state index is 0.661. The normalized spacial score (nSPS) is 17.2. The largest absolute Gasteiger partial charge is 0.369 e. The Hall–Kier alpha value is -0.810.